The lowest BCUT2D eigenvalue weighted by Gasteiger charge is -2.37. The zero-order valence-corrected chi connectivity index (χ0v) is 12.6. The minimum atomic E-state index is -4.16. The van der Waals surface area contributed by atoms with Crippen LogP contribution in [0.4, 0.5) is 13.2 Å². The summed E-state index contributed by atoms with van der Waals surface area (Å²) in [7, 11) is 1.88. The van der Waals surface area contributed by atoms with E-state index in [-0.39, 0.29) is 18.7 Å². The molecule has 1 heterocycles. The van der Waals surface area contributed by atoms with Gasteiger partial charge in [-0.05, 0) is 51.6 Å². The molecule has 0 radical (unpaired) electrons. The van der Waals surface area contributed by atoms with Gasteiger partial charge in [-0.2, -0.15) is 13.2 Å². The summed E-state index contributed by atoms with van der Waals surface area (Å²) in [5.41, 5.74) is 0. The highest BCUT2D eigenvalue weighted by Gasteiger charge is 2.44. The Morgan fingerprint density at radius 1 is 1.24 bits per heavy atom. The van der Waals surface area contributed by atoms with E-state index < -0.39 is 18.0 Å². The standard InChI is InChI=1S/C15H25F3N2O/c1-19-9-11-4-3-7-20(10-11)14(21)12-5-2-6-13(8-12)15(16,17)18/h11-13,19H,2-10H2,1H3. The fraction of sp³-hybridized carbons (Fsp3) is 0.933. The normalized spacial score (nSPS) is 31.2. The number of halogens is 3. The molecule has 0 bridgehead atoms. The predicted octanol–water partition coefficient (Wildman–Crippen LogP) is 2.81. The van der Waals surface area contributed by atoms with Gasteiger partial charge in [0.1, 0.15) is 0 Å². The summed E-state index contributed by atoms with van der Waals surface area (Å²) in [6.45, 7) is 2.25. The van der Waals surface area contributed by atoms with Crippen molar-refractivity contribution < 1.29 is 18.0 Å². The number of likely N-dealkylation sites (tertiary alicyclic amines) is 1. The van der Waals surface area contributed by atoms with Crippen molar-refractivity contribution in [1.29, 1.82) is 0 Å². The van der Waals surface area contributed by atoms with E-state index in [9.17, 15) is 18.0 Å². The van der Waals surface area contributed by atoms with E-state index in [4.69, 9.17) is 0 Å². The maximum absolute atomic E-state index is 12.8. The van der Waals surface area contributed by atoms with Crippen LogP contribution >= 0.6 is 0 Å². The van der Waals surface area contributed by atoms with Gasteiger partial charge in [-0.3, -0.25) is 4.79 Å². The zero-order chi connectivity index (χ0) is 15.5. The minimum Gasteiger partial charge on any atom is -0.342 e. The average Bonchev–Trinajstić information content (AvgIpc) is 2.46. The molecule has 1 aliphatic carbocycles. The average molecular weight is 306 g/mol. The van der Waals surface area contributed by atoms with E-state index in [0.29, 0.717) is 31.8 Å². The van der Waals surface area contributed by atoms with Gasteiger partial charge >= 0.3 is 6.18 Å². The summed E-state index contributed by atoms with van der Waals surface area (Å²) in [6.07, 6.45) is -0.846. The highest BCUT2D eigenvalue weighted by atomic mass is 19.4. The SMILES string of the molecule is CNCC1CCCN(C(=O)C2CCCC(C(F)(F)F)C2)C1. The van der Waals surface area contributed by atoms with E-state index in [1.807, 2.05) is 7.05 Å². The molecule has 1 saturated heterocycles. The summed E-state index contributed by atoms with van der Waals surface area (Å²) in [5, 5.41) is 3.12. The van der Waals surface area contributed by atoms with Crippen molar-refractivity contribution in [3.05, 3.63) is 0 Å². The van der Waals surface area contributed by atoms with Crippen LogP contribution in [0.1, 0.15) is 38.5 Å². The Kier molecular flexibility index (Phi) is 5.52. The highest BCUT2D eigenvalue weighted by molar-refractivity contribution is 5.79. The van der Waals surface area contributed by atoms with Gasteiger partial charge in [0, 0.05) is 19.0 Å². The molecule has 1 saturated carbocycles. The van der Waals surface area contributed by atoms with Crippen LogP contribution in [0, 0.1) is 17.8 Å². The molecule has 2 aliphatic rings. The topological polar surface area (TPSA) is 32.3 Å². The van der Waals surface area contributed by atoms with Gasteiger partial charge < -0.3 is 10.2 Å². The molecule has 0 aromatic rings. The minimum absolute atomic E-state index is 0.0183. The van der Waals surface area contributed by atoms with Gasteiger partial charge in [0.25, 0.3) is 0 Å². The molecular formula is C15H25F3N2O. The first kappa shape index (κ1) is 16.6. The first-order chi connectivity index (χ1) is 9.91. The third-order valence-corrected chi connectivity index (χ3v) is 4.81. The second-order valence-electron chi connectivity index (χ2n) is 6.45. The third-order valence-electron chi connectivity index (χ3n) is 4.81. The summed E-state index contributed by atoms with van der Waals surface area (Å²) < 4.78 is 38.5. The number of amides is 1. The van der Waals surface area contributed by atoms with Crippen LogP contribution < -0.4 is 5.32 Å². The summed E-state index contributed by atoms with van der Waals surface area (Å²) >= 11 is 0. The van der Waals surface area contributed by atoms with Gasteiger partial charge in [-0.15, -0.1) is 0 Å². The molecule has 2 fully saturated rings. The molecule has 21 heavy (non-hydrogen) atoms. The first-order valence-corrected chi connectivity index (χ1v) is 7.92. The molecule has 0 aromatic carbocycles. The molecule has 3 nitrogen and oxygen atoms in total. The Morgan fingerprint density at radius 3 is 2.67 bits per heavy atom. The van der Waals surface area contributed by atoms with E-state index in [1.54, 1.807) is 4.90 Å². The number of hydrogen-bond donors (Lipinski definition) is 1. The summed E-state index contributed by atoms with van der Waals surface area (Å²) in [5.74, 6) is -1.35. The number of rotatable bonds is 3. The van der Waals surface area contributed by atoms with Crippen LogP contribution in [-0.2, 0) is 4.79 Å². The van der Waals surface area contributed by atoms with E-state index in [2.05, 4.69) is 5.32 Å². The van der Waals surface area contributed by atoms with Crippen LogP contribution in [0.25, 0.3) is 0 Å². The highest BCUT2D eigenvalue weighted by Crippen LogP contribution is 2.40. The van der Waals surface area contributed by atoms with Crippen molar-refractivity contribution in [3.63, 3.8) is 0 Å². The van der Waals surface area contributed by atoms with Crippen LogP contribution in [0.2, 0.25) is 0 Å². The molecule has 122 valence electrons. The van der Waals surface area contributed by atoms with Crippen molar-refractivity contribution in [2.45, 2.75) is 44.7 Å². The van der Waals surface area contributed by atoms with Crippen LogP contribution in [0.15, 0.2) is 0 Å². The molecule has 1 N–H and O–H groups in total. The second-order valence-corrected chi connectivity index (χ2v) is 6.45. The molecule has 0 spiro atoms. The lowest BCUT2D eigenvalue weighted by atomic mass is 9.80. The maximum Gasteiger partial charge on any atom is 0.391 e. The predicted molar refractivity (Wildman–Crippen MR) is 74.7 cm³/mol. The fourth-order valence-corrected chi connectivity index (χ4v) is 3.69. The van der Waals surface area contributed by atoms with Crippen LogP contribution in [0.5, 0.6) is 0 Å². The van der Waals surface area contributed by atoms with Crippen molar-refractivity contribution in [2.75, 3.05) is 26.7 Å². The van der Waals surface area contributed by atoms with Gasteiger partial charge in [-0.25, -0.2) is 0 Å². The largest absolute Gasteiger partial charge is 0.391 e. The second kappa shape index (κ2) is 6.99. The van der Waals surface area contributed by atoms with Crippen molar-refractivity contribution in [3.8, 4) is 0 Å². The quantitative estimate of drug-likeness (QED) is 0.869. The van der Waals surface area contributed by atoms with E-state index in [0.717, 1.165) is 19.4 Å². The van der Waals surface area contributed by atoms with Crippen LogP contribution in [-0.4, -0.2) is 43.7 Å². The Bertz CT molecular complexity index is 357. The number of piperidine rings is 1. The van der Waals surface area contributed by atoms with Crippen molar-refractivity contribution in [1.82, 2.24) is 10.2 Å². The zero-order valence-electron chi connectivity index (χ0n) is 12.6. The van der Waals surface area contributed by atoms with Gasteiger partial charge in [0.2, 0.25) is 5.91 Å². The van der Waals surface area contributed by atoms with E-state index in [1.165, 1.54) is 0 Å². The Balaban J connectivity index is 1.92. The van der Waals surface area contributed by atoms with Gasteiger partial charge in [-0.1, -0.05) is 6.42 Å². The fourth-order valence-electron chi connectivity index (χ4n) is 3.69. The number of nitrogens with zero attached hydrogens (tertiary/aromatic N) is 1. The molecule has 1 amide bonds. The number of carbonyl (C=O) groups is 1. The van der Waals surface area contributed by atoms with Crippen LogP contribution in [0.3, 0.4) is 0 Å². The number of nitrogens with one attached hydrogen (secondary N) is 1. The van der Waals surface area contributed by atoms with Gasteiger partial charge in [0.15, 0.2) is 0 Å². The van der Waals surface area contributed by atoms with Crippen molar-refractivity contribution >= 4 is 5.91 Å². The molecule has 3 unspecified atom stereocenters. The molecule has 2 rings (SSSR count). The Labute approximate surface area is 124 Å². The van der Waals surface area contributed by atoms with Gasteiger partial charge in [0.05, 0.1) is 5.92 Å². The Morgan fingerprint density at radius 2 is 2.00 bits per heavy atom. The lowest BCUT2D eigenvalue weighted by Crippen LogP contribution is -2.46. The molecule has 3 atom stereocenters. The summed E-state index contributed by atoms with van der Waals surface area (Å²) in [4.78, 5) is 14.3. The summed E-state index contributed by atoms with van der Waals surface area (Å²) in [6, 6.07) is 0. The monoisotopic (exact) mass is 306 g/mol. The Hall–Kier alpha value is -0.780. The molecule has 6 heteroatoms. The maximum atomic E-state index is 12.8. The number of hydrogen-bond acceptors (Lipinski definition) is 2. The number of alkyl halides is 3. The van der Waals surface area contributed by atoms with Crippen molar-refractivity contribution in [2.24, 2.45) is 17.8 Å². The first-order valence-electron chi connectivity index (χ1n) is 7.92. The lowest BCUT2D eigenvalue weighted by molar-refractivity contribution is -0.187. The third kappa shape index (κ3) is 4.34. The molecule has 1 aliphatic heterocycles. The smallest absolute Gasteiger partial charge is 0.342 e. The molecular weight excluding hydrogens is 281 g/mol. The van der Waals surface area contributed by atoms with E-state index >= 15 is 0 Å². The molecule has 0 aromatic heterocycles. The number of carbonyl (C=O) groups excluding carboxylic acids is 1.